The van der Waals surface area contributed by atoms with E-state index in [1.165, 1.54) is 23.9 Å². The van der Waals surface area contributed by atoms with Crippen LogP contribution in [0.5, 0.6) is 11.5 Å². The number of anilines is 1. The molecule has 0 unspecified atom stereocenters. The quantitative estimate of drug-likeness (QED) is 0.197. The molecule has 0 atom stereocenters. The number of benzene rings is 2. The van der Waals surface area contributed by atoms with Gasteiger partial charge in [-0.15, -0.1) is 4.36 Å². The Morgan fingerprint density at radius 3 is 2.52 bits per heavy atom. The number of halogens is 2. The van der Waals surface area contributed by atoms with Crippen LogP contribution in [0.2, 0.25) is 0 Å². The SMILES string of the molecule is CCS(=O)(=O)Nc1cc(-c2c3c(nc(C4CCCCC4)c2N=S(=O)=O)CCCC3)c(Oc2ccc(F)cc2F)cc1-n1cccn1. The predicted molar refractivity (Wildman–Crippen MR) is 170 cm³/mol. The summed E-state index contributed by atoms with van der Waals surface area (Å²) >= 11 is 0. The van der Waals surface area contributed by atoms with E-state index in [2.05, 4.69) is 14.2 Å². The van der Waals surface area contributed by atoms with Gasteiger partial charge in [-0.05, 0) is 75.3 Å². The van der Waals surface area contributed by atoms with Crippen molar-refractivity contribution >= 4 is 31.9 Å². The van der Waals surface area contributed by atoms with Crippen LogP contribution >= 0.6 is 0 Å². The fraction of sp³-hybridized carbons (Fsp3) is 0.375. The van der Waals surface area contributed by atoms with Crippen molar-refractivity contribution in [1.82, 2.24) is 14.8 Å². The number of aromatic nitrogens is 3. The van der Waals surface area contributed by atoms with Crippen molar-refractivity contribution in [2.24, 2.45) is 4.36 Å². The number of sulfonamides is 1. The Hall–Kier alpha value is -4.17. The number of nitrogens with zero attached hydrogens (tertiary/aromatic N) is 4. The average molecular weight is 670 g/mol. The van der Waals surface area contributed by atoms with Crippen molar-refractivity contribution in [3.8, 4) is 28.3 Å². The number of nitrogens with one attached hydrogen (secondary N) is 1. The molecular formula is C32H33F2N5O5S2. The van der Waals surface area contributed by atoms with Gasteiger partial charge in [0, 0.05) is 47.3 Å². The van der Waals surface area contributed by atoms with Crippen molar-refractivity contribution in [2.75, 3.05) is 10.5 Å². The van der Waals surface area contributed by atoms with E-state index in [1.807, 2.05) is 0 Å². The zero-order chi connectivity index (χ0) is 32.4. The highest BCUT2D eigenvalue weighted by Gasteiger charge is 2.31. The summed E-state index contributed by atoms with van der Waals surface area (Å²) in [5.41, 5.74) is 3.48. The molecule has 46 heavy (non-hydrogen) atoms. The van der Waals surface area contributed by atoms with Gasteiger partial charge in [-0.25, -0.2) is 21.9 Å². The smallest absolute Gasteiger partial charge is 0.316 e. The molecule has 242 valence electrons. The number of hydrogen-bond donors (Lipinski definition) is 1. The first kappa shape index (κ1) is 31.8. The fourth-order valence-corrected chi connectivity index (χ4v) is 7.29. The molecule has 0 spiro atoms. The molecule has 2 aliphatic rings. The van der Waals surface area contributed by atoms with Crippen LogP contribution in [-0.4, -0.2) is 37.4 Å². The van der Waals surface area contributed by atoms with Crippen LogP contribution in [0.1, 0.15) is 74.7 Å². The molecule has 0 bridgehead atoms. The molecule has 1 N–H and O–H groups in total. The molecule has 14 heteroatoms. The Kier molecular flexibility index (Phi) is 9.18. The first-order valence-electron chi connectivity index (χ1n) is 15.3. The third kappa shape index (κ3) is 6.68. The summed E-state index contributed by atoms with van der Waals surface area (Å²) in [6.07, 6.45) is 10.7. The van der Waals surface area contributed by atoms with Gasteiger partial charge in [0.25, 0.3) is 0 Å². The summed E-state index contributed by atoms with van der Waals surface area (Å²) in [5, 5.41) is 4.28. The second-order valence-corrected chi connectivity index (χ2v) is 14.1. The lowest BCUT2D eigenvalue weighted by molar-refractivity contribution is 0.435. The zero-order valence-corrected chi connectivity index (χ0v) is 26.8. The first-order valence-corrected chi connectivity index (χ1v) is 18.0. The molecule has 0 aliphatic heterocycles. The van der Waals surface area contributed by atoms with Crippen molar-refractivity contribution in [3.63, 3.8) is 0 Å². The van der Waals surface area contributed by atoms with E-state index in [0.29, 0.717) is 30.2 Å². The first-order chi connectivity index (χ1) is 22.1. The number of hydrogen-bond acceptors (Lipinski definition) is 8. The minimum atomic E-state index is -3.81. The van der Waals surface area contributed by atoms with Gasteiger partial charge in [0.05, 0.1) is 22.8 Å². The van der Waals surface area contributed by atoms with Crippen molar-refractivity contribution < 1.29 is 30.4 Å². The molecule has 2 aromatic carbocycles. The summed E-state index contributed by atoms with van der Waals surface area (Å²) in [6, 6.07) is 7.62. The minimum Gasteiger partial charge on any atom is -0.454 e. The second-order valence-electron chi connectivity index (χ2n) is 11.5. The van der Waals surface area contributed by atoms with E-state index in [4.69, 9.17) is 9.72 Å². The molecule has 6 rings (SSSR count). The molecule has 2 heterocycles. The van der Waals surface area contributed by atoms with E-state index in [0.717, 1.165) is 68.3 Å². The number of pyridine rings is 1. The minimum absolute atomic E-state index is 0.0256. The third-order valence-corrected chi connectivity index (χ3v) is 10.1. The lowest BCUT2D eigenvalue weighted by atomic mass is 9.81. The molecular weight excluding hydrogens is 637 g/mol. The Balaban J connectivity index is 1.71. The fourth-order valence-electron chi connectivity index (χ4n) is 6.32. The molecule has 0 amide bonds. The largest absolute Gasteiger partial charge is 0.454 e. The molecule has 2 aromatic heterocycles. The highest BCUT2D eigenvalue weighted by molar-refractivity contribution is 7.92. The van der Waals surface area contributed by atoms with Crippen LogP contribution in [0.15, 0.2) is 53.2 Å². The van der Waals surface area contributed by atoms with Gasteiger partial charge in [-0.3, -0.25) is 9.71 Å². The number of ether oxygens (including phenoxy) is 1. The summed E-state index contributed by atoms with van der Waals surface area (Å²) in [4.78, 5) is 5.03. The predicted octanol–water partition coefficient (Wildman–Crippen LogP) is 7.39. The summed E-state index contributed by atoms with van der Waals surface area (Å²) in [5.74, 6) is -2.19. The standard InChI is InChI=1S/C32H33F2N5O5S2/c1-2-46(42,43)38-26-18-23(29(19-27(26)39-16-8-15-35-39)44-28-14-13-21(33)17-24(28)34)30-22-11-6-7-12-25(22)36-31(32(30)37-45(40)41)20-9-4-3-5-10-20/h8,13-20,38H,2-7,9-12H2,1H3. The normalized spacial score (nSPS) is 15.3. The summed E-state index contributed by atoms with van der Waals surface area (Å²) in [7, 11) is -6.66. The molecule has 2 aliphatic carbocycles. The van der Waals surface area contributed by atoms with Crippen LogP contribution < -0.4 is 9.46 Å². The maximum absolute atomic E-state index is 15.0. The average Bonchev–Trinajstić information content (AvgIpc) is 3.58. The van der Waals surface area contributed by atoms with Crippen LogP contribution in [-0.2, 0) is 33.4 Å². The van der Waals surface area contributed by atoms with Gasteiger partial charge < -0.3 is 4.74 Å². The molecule has 4 aromatic rings. The van der Waals surface area contributed by atoms with Gasteiger partial charge in [-0.1, -0.05) is 19.3 Å². The van der Waals surface area contributed by atoms with Gasteiger partial charge in [0.15, 0.2) is 11.6 Å². The van der Waals surface area contributed by atoms with Gasteiger partial charge in [-0.2, -0.15) is 13.5 Å². The summed E-state index contributed by atoms with van der Waals surface area (Å²) in [6.45, 7) is 1.50. The monoisotopic (exact) mass is 669 g/mol. The maximum Gasteiger partial charge on any atom is 0.316 e. The summed E-state index contributed by atoms with van der Waals surface area (Å²) < 4.78 is 93.7. The van der Waals surface area contributed by atoms with Crippen LogP contribution in [0.25, 0.3) is 16.8 Å². The molecule has 0 saturated heterocycles. The van der Waals surface area contributed by atoms with Crippen molar-refractivity contribution in [1.29, 1.82) is 0 Å². The van der Waals surface area contributed by atoms with E-state index in [1.54, 1.807) is 18.3 Å². The molecule has 1 saturated carbocycles. The lowest BCUT2D eigenvalue weighted by Crippen LogP contribution is -2.17. The van der Waals surface area contributed by atoms with E-state index < -0.39 is 32.2 Å². The second kappa shape index (κ2) is 13.3. The van der Waals surface area contributed by atoms with E-state index in [-0.39, 0.29) is 45.8 Å². The van der Waals surface area contributed by atoms with Crippen LogP contribution in [0, 0.1) is 11.6 Å². The molecule has 1 fully saturated rings. The molecule has 10 nitrogen and oxygen atoms in total. The Bertz CT molecular complexity index is 2020. The van der Waals surface area contributed by atoms with Gasteiger partial charge in [0.1, 0.15) is 17.3 Å². The topological polar surface area (TPSA) is 133 Å². The third-order valence-electron chi connectivity index (χ3n) is 8.51. The van der Waals surface area contributed by atoms with Gasteiger partial charge in [0.2, 0.25) is 10.0 Å². The Labute approximate surface area is 267 Å². The number of rotatable bonds is 9. The van der Waals surface area contributed by atoms with E-state index >= 15 is 4.39 Å². The van der Waals surface area contributed by atoms with E-state index in [9.17, 15) is 21.2 Å². The number of aryl methyl sites for hydroxylation is 1. The zero-order valence-electron chi connectivity index (χ0n) is 25.2. The van der Waals surface area contributed by atoms with Crippen LogP contribution in [0.4, 0.5) is 20.2 Å². The van der Waals surface area contributed by atoms with Gasteiger partial charge >= 0.3 is 10.5 Å². The van der Waals surface area contributed by atoms with Crippen LogP contribution in [0.3, 0.4) is 0 Å². The highest BCUT2D eigenvalue weighted by Crippen LogP contribution is 2.50. The van der Waals surface area contributed by atoms with Crippen molar-refractivity contribution in [3.05, 3.63) is 77.4 Å². The highest BCUT2D eigenvalue weighted by atomic mass is 32.2. The molecule has 0 radical (unpaired) electrons. The lowest BCUT2D eigenvalue weighted by Gasteiger charge is -2.28. The Morgan fingerprint density at radius 1 is 1.04 bits per heavy atom. The van der Waals surface area contributed by atoms with Crippen molar-refractivity contribution in [2.45, 2.75) is 70.6 Å². The Morgan fingerprint density at radius 2 is 1.83 bits per heavy atom. The maximum atomic E-state index is 15.0. The number of fused-ring (bicyclic) bond motifs is 1.